The Morgan fingerprint density at radius 3 is 2.42 bits per heavy atom. The van der Waals surface area contributed by atoms with Crippen LogP contribution in [0.2, 0.25) is 0 Å². The first-order valence-electron chi connectivity index (χ1n) is 13.2. The molecule has 5 rings (SSSR count). The van der Waals surface area contributed by atoms with Crippen LogP contribution in [0.1, 0.15) is 43.7 Å². The summed E-state index contributed by atoms with van der Waals surface area (Å²) in [5.41, 5.74) is 2.48. The standard InChI is InChI=1S/C32H28N2O8S/c1-17-14-21(11-13-23(17)42-16-19-8-6-5-7-9-19)27(36)25-26(20-10-12-22(35)24(15-20)40-3)34(30(38)28(25)37)32-33-18(2)29(43-32)31(39)41-4/h5-15,26,35-36H,16H2,1-4H3/t26-/m1/s1. The zero-order valence-corrected chi connectivity index (χ0v) is 24.6. The van der Waals surface area contributed by atoms with Crippen LogP contribution in [0.5, 0.6) is 17.2 Å². The Morgan fingerprint density at radius 2 is 1.74 bits per heavy atom. The fraction of sp³-hybridized carbons (Fsp3) is 0.188. The van der Waals surface area contributed by atoms with Crippen LogP contribution < -0.4 is 14.4 Å². The van der Waals surface area contributed by atoms with Crippen molar-refractivity contribution >= 4 is 39.9 Å². The maximum atomic E-state index is 13.6. The Labute approximate surface area is 251 Å². The van der Waals surface area contributed by atoms with Crippen molar-refractivity contribution in [1.82, 2.24) is 4.98 Å². The van der Waals surface area contributed by atoms with E-state index in [0.717, 1.165) is 21.8 Å². The molecule has 2 heterocycles. The van der Waals surface area contributed by atoms with Crippen molar-refractivity contribution in [3.8, 4) is 17.2 Å². The molecule has 2 N–H and O–H groups in total. The van der Waals surface area contributed by atoms with Crippen molar-refractivity contribution in [2.45, 2.75) is 26.5 Å². The normalized spacial score (nSPS) is 15.9. The van der Waals surface area contributed by atoms with E-state index in [1.165, 1.54) is 32.4 Å². The maximum Gasteiger partial charge on any atom is 0.350 e. The van der Waals surface area contributed by atoms with Crippen LogP contribution in [0, 0.1) is 13.8 Å². The van der Waals surface area contributed by atoms with Gasteiger partial charge in [0.15, 0.2) is 16.6 Å². The lowest BCUT2D eigenvalue weighted by Gasteiger charge is -2.23. The number of ketones is 1. The van der Waals surface area contributed by atoms with Crippen molar-refractivity contribution in [2.75, 3.05) is 19.1 Å². The Kier molecular flexibility index (Phi) is 8.18. The summed E-state index contributed by atoms with van der Waals surface area (Å²) in [4.78, 5) is 45.1. The van der Waals surface area contributed by atoms with E-state index in [2.05, 4.69) is 4.98 Å². The number of hydrogen-bond donors (Lipinski definition) is 2. The lowest BCUT2D eigenvalue weighted by Crippen LogP contribution is -2.29. The Hall–Kier alpha value is -5.16. The molecule has 1 fully saturated rings. The van der Waals surface area contributed by atoms with Gasteiger partial charge in [0.1, 0.15) is 23.0 Å². The summed E-state index contributed by atoms with van der Waals surface area (Å²) in [7, 11) is 2.60. The number of anilines is 1. The molecule has 3 aromatic carbocycles. The van der Waals surface area contributed by atoms with Gasteiger partial charge in [0, 0.05) is 5.56 Å². The van der Waals surface area contributed by atoms with E-state index in [0.29, 0.717) is 34.7 Å². The summed E-state index contributed by atoms with van der Waals surface area (Å²) >= 11 is 0.890. The number of aromatic hydroxyl groups is 1. The fourth-order valence-electron chi connectivity index (χ4n) is 4.83. The first kappa shape index (κ1) is 29.3. The SMILES string of the molecule is COC(=O)c1sc(N2C(=O)C(=O)C(=C(O)c3ccc(OCc4ccccc4)c(C)c3)[C@H]2c2ccc(O)c(OC)c2)nc1C. The number of benzene rings is 3. The quantitative estimate of drug-likeness (QED) is 0.117. The van der Waals surface area contributed by atoms with E-state index in [1.54, 1.807) is 25.1 Å². The topological polar surface area (TPSA) is 135 Å². The van der Waals surface area contributed by atoms with Gasteiger partial charge in [-0.2, -0.15) is 0 Å². The molecule has 0 spiro atoms. The molecule has 1 aromatic heterocycles. The van der Waals surface area contributed by atoms with Crippen LogP contribution in [0.25, 0.3) is 5.76 Å². The molecule has 0 bridgehead atoms. The van der Waals surface area contributed by atoms with Gasteiger partial charge in [-0.3, -0.25) is 14.5 Å². The number of amides is 1. The number of methoxy groups -OCH3 is 2. The van der Waals surface area contributed by atoms with Gasteiger partial charge < -0.3 is 24.4 Å². The summed E-state index contributed by atoms with van der Waals surface area (Å²) in [5, 5.41) is 21.8. The number of Topliss-reactive ketones (excluding diaryl/α,β-unsaturated/α-hetero) is 1. The van der Waals surface area contributed by atoms with Gasteiger partial charge >= 0.3 is 11.9 Å². The van der Waals surface area contributed by atoms with Gasteiger partial charge in [-0.25, -0.2) is 9.78 Å². The van der Waals surface area contributed by atoms with Gasteiger partial charge in [0.25, 0.3) is 5.78 Å². The molecule has 43 heavy (non-hydrogen) atoms. The molecule has 0 saturated carbocycles. The second kappa shape index (κ2) is 12.0. The highest BCUT2D eigenvalue weighted by Gasteiger charge is 2.48. The Balaban J connectivity index is 1.60. The molecular weight excluding hydrogens is 572 g/mol. The first-order chi connectivity index (χ1) is 20.6. The predicted molar refractivity (Wildman–Crippen MR) is 160 cm³/mol. The van der Waals surface area contributed by atoms with Crippen molar-refractivity contribution in [3.63, 3.8) is 0 Å². The third-order valence-electron chi connectivity index (χ3n) is 7.01. The largest absolute Gasteiger partial charge is 0.507 e. The minimum Gasteiger partial charge on any atom is -0.507 e. The van der Waals surface area contributed by atoms with Crippen LogP contribution in [0.15, 0.2) is 72.3 Å². The van der Waals surface area contributed by atoms with Gasteiger partial charge in [-0.1, -0.05) is 47.7 Å². The average Bonchev–Trinajstić information content (AvgIpc) is 3.52. The Morgan fingerprint density at radius 1 is 1.00 bits per heavy atom. The van der Waals surface area contributed by atoms with Crippen molar-refractivity contribution in [1.29, 1.82) is 0 Å². The number of esters is 1. The molecule has 0 radical (unpaired) electrons. The number of carbonyl (C=O) groups is 3. The van der Waals surface area contributed by atoms with Crippen LogP contribution in [0.3, 0.4) is 0 Å². The smallest absolute Gasteiger partial charge is 0.350 e. The third-order valence-corrected chi connectivity index (χ3v) is 8.15. The molecule has 1 aliphatic heterocycles. The van der Waals surface area contributed by atoms with E-state index < -0.39 is 29.5 Å². The number of phenolic OH excluding ortho intramolecular Hbond substituents is 1. The summed E-state index contributed by atoms with van der Waals surface area (Å²) in [6, 6.07) is 17.8. The molecule has 1 aliphatic rings. The summed E-state index contributed by atoms with van der Waals surface area (Å²) in [5.74, 6) is -2.38. The molecule has 10 nitrogen and oxygen atoms in total. The molecule has 0 unspecified atom stereocenters. The number of nitrogens with zero attached hydrogens (tertiary/aromatic N) is 2. The molecule has 1 amide bonds. The zero-order valence-electron chi connectivity index (χ0n) is 23.8. The van der Waals surface area contributed by atoms with Crippen LogP contribution in [-0.2, 0) is 20.9 Å². The lowest BCUT2D eigenvalue weighted by atomic mass is 9.94. The summed E-state index contributed by atoms with van der Waals surface area (Å²) in [6.45, 7) is 3.75. The minimum atomic E-state index is -1.15. The summed E-state index contributed by atoms with van der Waals surface area (Å²) < 4.78 is 16.1. The van der Waals surface area contributed by atoms with Crippen LogP contribution >= 0.6 is 11.3 Å². The van der Waals surface area contributed by atoms with E-state index in [4.69, 9.17) is 14.2 Å². The number of aromatic nitrogens is 1. The number of aliphatic hydroxyl groups is 1. The van der Waals surface area contributed by atoms with E-state index in [-0.39, 0.29) is 27.1 Å². The molecule has 0 aliphatic carbocycles. The average molecular weight is 601 g/mol. The number of phenols is 1. The van der Waals surface area contributed by atoms with Gasteiger partial charge in [-0.15, -0.1) is 0 Å². The first-order valence-corrected chi connectivity index (χ1v) is 14.0. The van der Waals surface area contributed by atoms with Crippen molar-refractivity contribution < 1.29 is 38.8 Å². The number of aryl methyl sites for hydroxylation is 2. The summed E-state index contributed by atoms with van der Waals surface area (Å²) in [6.07, 6.45) is 0. The van der Waals surface area contributed by atoms with Gasteiger partial charge in [0.05, 0.1) is 31.5 Å². The minimum absolute atomic E-state index is 0.0666. The van der Waals surface area contributed by atoms with Crippen molar-refractivity contribution in [2.24, 2.45) is 0 Å². The van der Waals surface area contributed by atoms with Gasteiger partial charge in [0.2, 0.25) is 0 Å². The number of rotatable bonds is 8. The highest BCUT2D eigenvalue weighted by Crippen LogP contribution is 2.45. The molecule has 1 saturated heterocycles. The van der Waals surface area contributed by atoms with E-state index >= 15 is 0 Å². The lowest BCUT2D eigenvalue weighted by molar-refractivity contribution is -0.132. The highest BCUT2D eigenvalue weighted by atomic mass is 32.1. The second-order valence-corrected chi connectivity index (χ2v) is 10.7. The number of ether oxygens (including phenoxy) is 3. The van der Waals surface area contributed by atoms with Crippen molar-refractivity contribution in [3.05, 3.63) is 105 Å². The maximum absolute atomic E-state index is 13.6. The fourth-order valence-corrected chi connectivity index (χ4v) is 5.84. The molecule has 220 valence electrons. The monoisotopic (exact) mass is 600 g/mol. The number of hydrogen-bond acceptors (Lipinski definition) is 10. The number of carbonyl (C=O) groups excluding carboxylic acids is 3. The number of aliphatic hydroxyl groups excluding tert-OH is 1. The Bertz CT molecular complexity index is 1760. The second-order valence-electron chi connectivity index (χ2n) is 9.76. The highest BCUT2D eigenvalue weighted by molar-refractivity contribution is 7.17. The molecule has 11 heteroatoms. The van der Waals surface area contributed by atoms with E-state index in [9.17, 15) is 24.6 Å². The van der Waals surface area contributed by atoms with Crippen LogP contribution in [0.4, 0.5) is 5.13 Å². The molecule has 1 atom stereocenters. The predicted octanol–water partition coefficient (Wildman–Crippen LogP) is 5.47. The van der Waals surface area contributed by atoms with Gasteiger partial charge in [-0.05, 0) is 60.9 Å². The number of thiazole rings is 1. The van der Waals surface area contributed by atoms with Crippen LogP contribution in [-0.4, -0.2) is 47.1 Å². The van der Waals surface area contributed by atoms with E-state index in [1.807, 2.05) is 37.3 Å². The molecular formula is C32H28N2O8S. The third kappa shape index (κ3) is 5.54. The molecule has 4 aromatic rings. The zero-order chi connectivity index (χ0) is 30.8.